The molecule has 1 heterocycles. The maximum atomic E-state index is 12.0. The van der Waals surface area contributed by atoms with Gasteiger partial charge in [0.25, 0.3) is 0 Å². The fourth-order valence-corrected chi connectivity index (χ4v) is 3.61. The first-order valence-corrected chi connectivity index (χ1v) is 8.88. The van der Waals surface area contributed by atoms with Crippen LogP contribution in [-0.2, 0) is 25.1 Å². The lowest BCUT2D eigenvalue weighted by Gasteiger charge is -2.11. The van der Waals surface area contributed by atoms with E-state index in [1.807, 2.05) is 6.07 Å². The normalized spacial score (nSPS) is 17.9. The summed E-state index contributed by atoms with van der Waals surface area (Å²) in [4.78, 5) is 11.7. The van der Waals surface area contributed by atoms with Gasteiger partial charge in [-0.05, 0) is 30.5 Å². The third kappa shape index (κ3) is 5.13. The molecule has 1 saturated heterocycles. The minimum atomic E-state index is -3.57. The van der Waals surface area contributed by atoms with Gasteiger partial charge in [0.1, 0.15) is 5.75 Å². The van der Waals surface area contributed by atoms with E-state index in [0.29, 0.717) is 24.3 Å². The van der Waals surface area contributed by atoms with Crippen molar-refractivity contribution in [2.75, 3.05) is 18.9 Å². The van der Waals surface area contributed by atoms with Crippen molar-refractivity contribution in [1.29, 1.82) is 5.26 Å². The molecular formula is C15H18N2O4S. The SMILES string of the molecule is N#Cc1cccc(CS(=O)(=O)CC(=O)NCC2CCCO2)c1. The Hall–Kier alpha value is -1.91. The zero-order valence-electron chi connectivity index (χ0n) is 12.1. The Morgan fingerprint density at radius 3 is 2.95 bits per heavy atom. The van der Waals surface area contributed by atoms with E-state index in [0.717, 1.165) is 12.8 Å². The summed E-state index contributed by atoms with van der Waals surface area (Å²) in [5.74, 6) is -1.33. The molecule has 1 aromatic rings. The zero-order valence-corrected chi connectivity index (χ0v) is 12.9. The second-order valence-electron chi connectivity index (χ2n) is 5.28. The van der Waals surface area contributed by atoms with E-state index >= 15 is 0 Å². The van der Waals surface area contributed by atoms with Crippen molar-refractivity contribution in [2.24, 2.45) is 0 Å². The van der Waals surface area contributed by atoms with Crippen molar-refractivity contribution < 1.29 is 17.9 Å². The number of nitriles is 1. The van der Waals surface area contributed by atoms with Crippen LogP contribution in [0.15, 0.2) is 24.3 Å². The van der Waals surface area contributed by atoms with Crippen molar-refractivity contribution in [3.63, 3.8) is 0 Å². The second-order valence-corrected chi connectivity index (χ2v) is 7.35. The molecule has 0 radical (unpaired) electrons. The Morgan fingerprint density at radius 1 is 1.45 bits per heavy atom. The summed E-state index contributed by atoms with van der Waals surface area (Å²) in [5, 5.41) is 11.4. The van der Waals surface area contributed by atoms with Gasteiger partial charge in [0.15, 0.2) is 9.84 Å². The molecule has 0 saturated carbocycles. The molecular weight excluding hydrogens is 304 g/mol. The molecule has 0 aliphatic carbocycles. The maximum absolute atomic E-state index is 12.0. The number of amides is 1. The highest BCUT2D eigenvalue weighted by molar-refractivity contribution is 7.91. The molecule has 0 aromatic heterocycles. The molecule has 1 aliphatic rings. The van der Waals surface area contributed by atoms with Gasteiger partial charge in [0.05, 0.1) is 23.5 Å². The highest BCUT2D eigenvalue weighted by Crippen LogP contribution is 2.11. The van der Waals surface area contributed by atoms with E-state index in [1.54, 1.807) is 18.2 Å². The Kier molecular flexibility index (Phi) is 5.52. The monoisotopic (exact) mass is 322 g/mol. The van der Waals surface area contributed by atoms with Gasteiger partial charge in [-0.2, -0.15) is 5.26 Å². The molecule has 0 spiro atoms. The predicted molar refractivity (Wildman–Crippen MR) is 80.6 cm³/mol. The smallest absolute Gasteiger partial charge is 0.235 e. The summed E-state index contributed by atoms with van der Waals surface area (Å²) in [6.07, 6.45) is 1.83. The van der Waals surface area contributed by atoms with Crippen molar-refractivity contribution in [3.05, 3.63) is 35.4 Å². The third-order valence-electron chi connectivity index (χ3n) is 3.34. The van der Waals surface area contributed by atoms with Crippen molar-refractivity contribution in [1.82, 2.24) is 5.32 Å². The van der Waals surface area contributed by atoms with Crippen molar-refractivity contribution in [2.45, 2.75) is 24.7 Å². The molecule has 118 valence electrons. The highest BCUT2D eigenvalue weighted by atomic mass is 32.2. The zero-order chi connectivity index (χ0) is 16.0. The van der Waals surface area contributed by atoms with E-state index in [9.17, 15) is 13.2 Å². The Bertz CT molecular complexity index is 673. The molecule has 22 heavy (non-hydrogen) atoms. The van der Waals surface area contributed by atoms with Gasteiger partial charge in [-0.25, -0.2) is 8.42 Å². The van der Waals surface area contributed by atoms with Gasteiger partial charge in [-0.15, -0.1) is 0 Å². The van der Waals surface area contributed by atoms with Crippen molar-refractivity contribution >= 4 is 15.7 Å². The molecule has 1 unspecified atom stereocenters. The number of hydrogen-bond acceptors (Lipinski definition) is 5. The average Bonchev–Trinajstić information content (AvgIpc) is 2.97. The number of benzene rings is 1. The number of ether oxygens (including phenoxy) is 1. The molecule has 1 fully saturated rings. The van der Waals surface area contributed by atoms with Gasteiger partial charge in [-0.1, -0.05) is 12.1 Å². The maximum Gasteiger partial charge on any atom is 0.235 e. The molecule has 7 heteroatoms. The topological polar surface area (TPSA) is 96.3 Å². The van der Waals surface area contributed by atoms with Crippen LogP contribution in [0, 0.1) is 11.3 Å². The van der Waals surface area contributed by atoms with Crippen LogP contribution in [0.4, 0.5) is 0 Å². The van der Waals surface area contributed by atoms with E-state index in [-0.39, 0.29) is 11.9 Å². The standard InChI is InChI=1S/C15H18N2O4S/c16-8-12-3-1-4-13(7-12)10-22(19,20)11-15(18)17-9-14-5-2-6-21-14/h1,3-4,7,14H,2,5-6,9-11H2,(H,17,18). The summed E-state index contributed by atoms with van der Waals surface area (Å²) in [5.41, 5.74) is 0.904. The lowest BCUT2D eigenvalue weighted by molar-refractivity contribution is -0.119. The summed E-state index contributed by atoms with van der Waals surface area (Å²) in [7, 11) is -3.57. The molecule has 6 nitrogen and oxygen atoms in total. The highest BCUT2D eigenvalue weighted by Gasteiger charge is 2.20. The van der Waals surface area contributed by atoms with Gasteiger partial charge in [0, 0.05) is 13.2 Å². The minimum Gasteiger partial charge on any atom is -0.376 e. The number of carbonyl (C=O) groups is 1. The van der Waals surface area contributed by atoms with E-state index < -0.39 is 21.5 Å². The lowest BCUT2D eigenvalue weighted by atomic mass is 10.2. The molecule has 1 aliphatic heterocycles. The third-order valence-corrected chi connectivity index (χ3v) is 4.82. The number of sulfone groups is 1. The van der Waals surface area contributed by atoms with Gasteiger partial charge < -0.3 is 10.1 Å². The van der Waals surface area contributed by atoms with E-state index in [1.165, 1.54) is 6.07 Å². The first-order valence-electron chi connectivity index (χ1n) is 7.06. The number of rotatable bonds is 6. The quantitative estimate of drug-likeness (QED) is 0.834. The van der Waals surface area contributed by atoms with Crippen LogP contribution in [0.2, 0.25) is 0 Å². The van der Waals surface area contributed by atoms with E-state index in [2.05, 4.69) is 5.32 Å². The fourth-order valence-electron chi connectivity index (χ4n) is 2.32. The first-order chi connectivity index (χ1) is 10.5. The van der Waals surface area contributed by atoms with Gasteiger partial charge >= 0.3 is 0 Å². The van der Waals surface area contributed by atoms with Crippen LogP contribution >= 0.6 is 0 Å². The first kappa shape index (κ1) is 16.5. The van der Waals surface area contributed by atoms with Crippen LogP contribution in [0.25, 0.3) is 0 Å². The summed E-state index contributed by atoms with van der Waals surface area (Å²) in [6.45, 7) is 1.03. The number of carbonyl (C=O) groups excluding carboxylic acids is 1. The van der Waals surface area contributed by atoms with Crippen molar-refractivity contribution in [3.8, 4) is 6.07 Å². The van der Waals surface area contributed by atoms with Crippen LogP contribution in [0.1, 0.15) is 24.0 Å². The Morgan fingerprint density at radius 2 is 2.27 bits per heavy atom. The summed E-state index contributed by atoms with van der Waals surface area (Å²) >= 11 is 0. The second kappa shape index (κ2) is 7.38. The van der Waals surface area contributed by atoms with Gasteiger partial charge in [0.2, 0.25) is 5.91 Å². The largest absolute Gasteiger partial charge is 0.376 e. The molecule has 1 atom stereocenters. The van der Waals surface area contributed by atoms with Crippen LogP contribution < -0.4 is 5.32 Å². The lowest BCUT2D eigenvalue weighted by Crippen LogP contribution is -2.36. The molecule has 1 amide bonds. The number of nitrogens with one attached hydrogen (secondary N) is 1. The average molecular weight is 322 g/mol. The Labute approximate surface area is 130 Å². The van der Waals surface area contributed by atoms with Crippen LogP contribution in [0.3, 0.4) is 0 Å². The molecule has 0 bridgehead atoms. The summed E-state index contributed by atoms with van der Waals surface area (Å²) in [6, 6.07) is 8.33. The van der Waals surface area contributed by atoms with E-state index in [4.69, 9.17) is 10.00 Å². The summed E-state index contributed by atoms with van der Waals surface area (Å²) < 4.78 is 29.4. The van der Waals surface area contributed by atoms with Gasteiger partial charge in [-0.3, -0.25) is 4.79 Å². The number of nitrogens with zero attached hydrogens (tertiary/aromatic N) is 1. The minimum absolute atomic E-state index is 0.0148. The van der Waals surface area contributed by atoms with Crippen LogP contribution in [-0.4, -0.2) is 39.3 Å². The van der Waals surface area contributed by atoms with Crippen LogP contribution in [0.5, 0.6) is 0 Å². The molecule has 2 rings (SSSR count). The molecule has 1 N–H and O–H groups in total. The fraction of sp³-hybridized carbons (Fsp3) is 0.467. The predicted octanol–water partition coefficient (Wildman–Crippen LogP) is 0.768. The Balaban J connectivity index is 1.86. The molecule has 1 aromatic carbocycles. The number of hydrogen-bond donors (Lipinski definition) is 1.